The molecule has 2 nitrogen and oxygen atoms in total. The highest BCUT2D eigenvalue weighted by atomic mass is 28.3. The maximum absolute atomic E-state index is 5.24. The van der Waals surface area contributed by atoms with E-state index < -0.39 is 8.07 Å². The first-order valence-corrected chi connectivity index (χ1v) is 11.5. The van der Waals surface area contributed by atoms with Crippen LogP contribution >= 0.6 is 0 Å². The zero-order chi connectivity index (χ0) is 14.6. The number of nitrogens with one attached hydrogen (secondary N) is 1. The van der Waals surface area contributed by atoms with Crippen molar-refractivity contribution < 1.29 is 4.74 Å². The third-order valence-electron chi connectivity index (χ3n) is 3.86. The van der Waals surface area contributed by atoms with Crippen LogP contribution in [0.4, 0.5) is 0 Å². The second kappa shape index (κ2) is 6.77. The molecule has 0 aromatic heterocycles. The van der Waals surface area contributed by atoms with E-state index in [1.54, 1.807) is 7.11 Å². The summed E-state index contributed by atoms with van der Waals surface area (Å²) < 4.78 is 5.24. The zero-order valence-corrected chi connectivity index (χ0v) is 14.4. The summed E-state index contributed by atoms with van der Waals surface area (Å²) in [5, 5.41) is 3.72. The molecule has 0 bridgehead atoms. The number of benzene rings is 1. The van der Waals surface area contributed by atoms with E-state index in [1.807, 2.05) is 0 Å². The molecule has 0 aliphatic heterocycles. The summed E-state index contributed by atoms with van der Waals surface area (Å²) in [4.78, 5) is 0. The van der Waals surface area contributed by atoms with Crippen LogP contribution in [0.2, 0.25) is 25.7 Å². The van der Waals surface area contributed by atoms with Gasteiger partial charge >= 0.3 is 0 Å². The summed E-state index contributed by atoms with van der Waals surface area (Å²) in [7, 11) is 0.717. The average molecular weight is 292 g/mol. The summed E-state index contributed by atoms with van der Waals surface area (Å²) in [5.74, 6) is 1.72. The number of methoxy groups -OCH3 is 1. The molecule has 1 atom stereocenters. The van der Waals surface area contributed by atoms with Gasteiger partial charge in [-0.1, -0.05) is 37.8 Å². The molecule has 0 amide bonds. The molecule has 2 rings (SSSR count). The van der Waals surface area contributed by atoms with E-state index in [0.29, 0.717) is 0 Å². The minimum absolute atomic E-state index is 0.774. The van der Waals surface area contributed by atoms with Crippen LogP contribution in [0.15, 0.2) is 24.3 Å². The van der Waals surface area contributed by atoms with Crippen LogP contribution in [0.1, 0.15) is 18.4 Å². The van der Waals surface area contributed by atoms with Crippen molar-refractivity contribution in [2.75, 3.05) is 13.7 Å². The van der Waals surface area contributed by atoms with Crippen molar-refractivity contribution >= 4 is 8.07 Å². The van der Waals surface area contributed by atoms with Gasteiger partial charge in [0.1, 0.15) is 5.75 Å². The van der Waals surface area contributed by atoms with E-state index >= 15 is 0 Å². The molecule has 0 saturated heterocycles. The van der Waals surface area contributed by atoms with Crippen molar-refractivity contribution in [2.24, 2.45) is 5.92 Å². The highest BCUT2D eigenvalue weighted by molar-refractivity contribution is 6.76. The van der Waals surface area contributed by atoms with Crippen LogP contribution < -0.4 is 10.1 Å². The van der Waals surface area contributed by atoms with Gasteiger partial charge in [0, 0.05) is 14.1 Å². The molecule has 112 valence electrons. The molecule has 1 fully saturated rings. The standard InChI is InChI=1S/C17H29NOSi/c1-19-17-9-5-14(6-10-17)11-15(13-20(2,3)4)12-18-16-7-8-16/h5-6,9-10,15-16,18H,7-8,11-13H2,1-4H3. The second-order valence-corrected chi connectivity index (χ2v) is 12.9. The van der Waals surface area contributed by atoms with Crippen molar-refractivity contribution in [3.05, 3.63) is 29.8 Å². The van der Waals surface area contributed by atoms with E-state index in [-0.39, 0.29) is 0 Å². The molecule has 1 unspecified atom stereocenters. The largest absolute Gasteiger partial charge is 0.497 e. The fourth-order valence-electron chi connectivity index (χ4n) is 2.80. The number of ether oxygens (including phenoxy) is 1. The Hall–Kier alpha value is -0.803. The van der Waals surface area contributed by atoms with E-state index in [0.717, 1.165) is 17.7 Å². The van der Waals surface area contributed by atoms with Crippen molar-refractivity contribution in [3.63, 3.8) is 0 Å². The topological polar surface area (TPSA) is 21.3 Å². The van der Waals surface area contributed by atoms with E-state index in [4.69, 9.17) is 4.74 Å². The first kappa shape index (κ1) is 15.6. The normalized spacial score (nSPS) is 17.0. The van der Waals surface area contributed by atoms with Crippen molar-refractivity contribution in [2.45, 2.75) is 51.0 Å². The molecular formula is C17H29NOSi. The molecule has 1 saturated carbocycles. The Kier molecular flexibility index (Phi) is 5.27. The van der Waals surface area contributed by atoms with Gasteiger partial charge in [0.15, 0.2) is 0 Å². The van der Waals surface area contributed by atoms with E-state index in [9.17, 15) is 0 Å². The van der Waals surface area contributed by atoms with E-state index in [1.165, 1.54) is 37.4 Å². The predicted molar refractivity (Wildman–Crippen MR) is 89.4 cm³/mol. The first-order valence-electron chi connectivity index (χ1n) is 7.82. The Morgan fingerprint density at radius 3 is 2.35 bits per heavy atom. The fraction of sp³-hybridized carbons (Fsp3) is 0.647. The van der Waals surface area contributed by atoms with Gasteiger partial charge in [0.25, 0.3) is 0 Å². The smallest absolute Gasteiger partial charge is 0.118 e. The van der Waals surface area contributed by atoms with Crippen LogP contribution in [-0.4, -0.2) is 27.8 Å². The molecule has 20 heavy (non-hydrogen) atoms. The minimum atomic E-state index is -1.01. The summed E-state index contributed by atoms with van der Waals surface area (Å²) >= 11 is 0. The molecular weight excluding hydrogens is 262 g/mol. The maximum atomic E-state index is 5.24. The lowest BCUT2D eigenvalue weighted by Gasteiger charge is -2.25. The van der Waals surface area contributed by atoms with Gasteiger partial charge in [-0.05, 0) is 49.4 Å². The van der Waals surface area contributed by atoms with Gasteiger partial charge < -0.3 is 10.1 Å². The highest BCUT2D eigenvalue weighted by Gasteiger charge is 2.25. The Morgan fingerprint density at radius 1 is 1.20 bits per heavy atom. The predicted octanol–water partition coefficient (Wildman–Crippen LogP) is 3.94. The molecule has 1 aromatic carbocycles. The van der Waals surface area contributed by atoms with Crippen LogP contribution in [0.3, 0.4) is 0 Å². The van der Waals surface area contributed by atoms with Gasteiger partial charge in [0.2, 0.25) is 0 Å². The fourth-order valence-corrected chi connectivity index (χ4v) is 4.82. The molecule has 0 spiro atoms. The molecule has 1 N–H and O–H groups in total. The van der Waals surface area contributed by atoms with Crippen LogP contribution in [-0.2, 0) is 6.42 Å². The lowest BCUT2D eigenvalue weighted by atomic mass is 10.0. The molecule has 3 heteroatoms. The van der Waals surface area contributed by atoms with Crippen molar-refractivity contribution in [3.8, 4) is 5.75 Å². The number of rotatable bonds is 8. The summed E-state index contributed by atoms with van der Waals surface area (Å²) in [6.07, 6.45) is 3.94. The van der Waals surface area contributed by atoms with Crippen LogP contribution in [0.25, 0.3) is 0 Å². The third-order valence-corrected chi connectivity index (χ3v) is 5.66. The first-order chi connectivity index (χ1) is 9.46. The van der Waals surface area contributed by atoms with Crippen LogP contribution in [0.5, 0.6) is 5.75 Å². The molecule has 1 aliphatic rings. The van der Waals surface area contributed by atoms with E-state index in [2.05, 4.69) is 49.2 Å². The summed E-state index contributed by atoms with van der Waals surface area (Å²) in [6, 6.07) is 10.8. The molecule has 0 heterocycles. The Morgan fingerprint density at radius 2 is 1.85 bits per heavy atom. The van der Waals surface area contributed by atoms with Gasteiger partial charge in [-0.15, -0.1) is 0 Å². The molecule has 1 aromatic rings. The average Bonchev–Trinajstić information content (AvgIpc) is 3.19. The van der Waals surface area contributed by atoms with Gasteiger partial charge in [-0.2, -0.15) is 0 Å². The third kappa shape index (κ3) is 5.67. The Labute approximate surface area is 124 Å². The van der Waals surface area contributed by atoms with Gasteiger partial charge in [-0.25, -0.2) is 0 Å². The zero-order valence-electron chi connectivity index (χ0n) is 13.4. The lowest BCUT2D eigenvalue weighted by molar-refractivity contribution is 0.414. The van der Waals surface area contributed by atoms with Crippen molar-refractivity contribution in [1.82, 2.24) is 5.32 Å². The number of hydrogen-bond acceptors (Lipinski definition) is 2. The quantitative estimate of drug-likeness (QED) is 0.732. The minimum Gasteiger partial charge on any atom is -0.497 e. The highest BCUT2D eigenvalue weighted by Crippen LogP contribution is 2.24. The maximum Gasteiger partial charge on any atom is 0.118 e. The molecule has 1 aliphatic carbocycles. The van der Waals surface area contributed by atoms with Crippen molar-refractivity contribution in [1.29, 1.82) is 0 Å². The second-order valence-electron chi connectivity index (χ2n) is 7.37. The van der Waals surface area contributed by atoms with Crippen LogP contribution in [0, 0.1) is 5.92 Å². The SMILES string of the molecule is COc1ccc(CC(CNC2CC2)C[Si](C)(C)C)cc1. The summed E-state index contributed by atoms with van der Waals surface area (Å²) in [6.45, 7) is 8.61. The van der Waals surface area contributed by atoms with Gasteiger partial charge in [0.05, 0.1) is 7.11 Å². The monoisotopic (exact) mass is 291 g/mol. The Balaban J connectivity index is 1.93. The lowest BCUT2D eigenvalue weighted by Crippen LogP contribution is -2.32. The Bertz CT molecular complexity index is 406. The molecule has 0 radical (unpaired) electrons. The van der Waals surface area contributed by atoms with Gasteiger partial charge in [-0.3, -0.25) is 0 Å². The summed E-state index contributed by atoms with van der Waals surface area (Å²) in [5.41, 5.74) is 1.44. The number of hydrogen-bond donors (Lipinski definition) is 1.